The van der Waals surface area contributed by atoms with E-state index < -0.39 is 0 Å². The summed E-state index contributed by atoms with van der Waals surface area (Å²) in [4.78, 5) is 24.0. The molecule has 0 aliphatic carbocycles. The van der Waals surface area contributed by atoms with Crippen LogP contribution in [-0.2, 0) is 16.0 Å². The maximum atomic E-state index is 12.3. The summed E-state index contributed by atoms with van der Waals surface area (Å²) in [5.74, 6) is 0.723. The number of carbonyl (C=O) groups is 2. The van der Waals surface area contributed by atoms with Gasteiger partial charge in [0, 0.05) is 19.5 Å². The molecule has 0 spiro atoms. The van der Waals surface area contributed by atoms with Gasteiger partial charge in [0.1, 0.15) is 0 Å². The monoisotopic (exact) mass is 388 g/mol. The molecule has 2 amide bonds. The molecule has 0 aliphatic heterocycles. The fourth-order valence-electron chi connectivity index (χ4n) is 3.21. The predicted octanol–water partition coefficient (Wildman–Crippen LogP) is 4.97. The SMILES string of the molecule is CCCCCNC(=O)CCCCCNC(=O)[C@H](C)c1ccc(CC(C)C)cc1. The molecule has 158 valence electrons. The first-order valence-corrected chi connectivity index (χ1v) is 11.1. The van der Waals surface area contributed by atoms with Crippen LogP contribution in [-0.4, -0.2) is 24.9 Å². The first kappa shape index (κ1) is 24.2. The largest absolute Gasteiger partial charge is 0.356 e. The van der Waals surface area contributed by atoms with Gasteiger partial charge in [-0.25, -0.2) is 0 Å². The molecule has 1 rings (SSSR count). The molecule has 0 bridgehead atoms. The molecule has 0 saturated carbocycles. The number of benzene rings is 1. The van der Waals surface area contributed by atoms with Gasteiger partial charge in [-0.3, -0.25) is 9.59 Å². The van der Waals surface area contributed by atoms with Crippen molar-refractivity contribution in [1.82, 2.24) is 10.6 Å². The summed E-state index contributed by atoms with van der Waals surface area (Å²) in [6, 6.07) is 8.40. The average molecular weight is 389 g/mol. The lowest BCUT2D eigenvalue weighted by atomic mass is 9.96. The molecular weight excluding hydrogens is 348 g/mol. The number of unbranched alkanes of at least 4 members (excludes halogenated alkanes) is 4. The van der Waals surface area contributed by atoms with Gasteiger partial charge in [-0.05, 0) is 49.7 Å². The van der Waals surface area contributed by atoms with Gasteiger partial charge in [-0.15, -0.1) is 0 Å². The minimum absolute atomic E-state index is 0.0743. The molecule has 0 radical (unpaired) electrons. The molecule has 0 saturated heterocycles. The number of hydrogen-bond acceptors (Lipinski definition) is 2. The van der Waals surface area contributed by atoms with Crippen molar-refractivity contribution in [3.8, 4) is 0 Å². The molecule has 4 heteroatoms. The quantitative estimate of drug-likeness (QED) is 0.442. The van der Waals surface area contributed by atoms with Gasteiger partial charge >= 0.3 is 0 Å². The molecule has 1 atom stereocenters. The molecule has 0 aromatic heterocycles. The fraction of sp³-hybridized carbons (Fsp3) is 0.667. The Morgan fingerprint density at radius 1 is 0.857 bits per heavy atom. The summed E-state index contributed by atoms with van der Waals surface area (Å²) in [6.45, 7) is 10.0. The molecule has 0 fully saturated rings. The summed E-state index contributed by atoms with van der Waals surface area (Å²) in [5.41, 5.74) is 2.38. The minimum Gasteiger partial charge on any atom is -0.356 e. The van der Waals surface area contributed by atoms with Gasteiger partial charge in [0.15, 0.2) is 0 Å². The molecular formula is C24H40N2O2. The Morgan fingerprint density at radius 3 is 2.14 bits per heavy atom. The van der Waals surface area contributed by atoms with Gasteiger partial charge in [0.05, 0.1) is 5.92 Å². The van der Waals surface area contributed by atoms with Gasteiger partial charge in [0.25, 0.3) is 0 Å². The predicted molar refractivity (Wildman–Crippen MR) is 117 cm³/mol. The van der Waals surface area contributed by atoms with Gasteiger partial charge < -0.3 is 10.6 Å². The van der Waals surface area contributed by atoms with Crippen LogP contribution in [0.1, 0.15) is 89.7 Å². The average Bonchev–Trinajstić information content (AvgIpc) is 2.67. The van der Waals surface area contributed by atoms with E-state index >= 15 is 0 Å². The third-order valence-electron chi connectivity index (χ3n) is 5.00. The maximum Gasteiger partial charge on any atom is 0.227 e. The highest BCUT2D eigenvalue weighted by Gasteiger charge is 2.14. The van der Waals surface area contributed by atoms with E-state index in [1.165, 1.54) is 18.4 Å². The van der Waals surface area contributed by atoms with E-state index in [1.807, 2.05) is 6.92 Å². The Kier molecular flexibility index (Phi) is 12.3. The third kappa shape index (κ3) is 10.5. The van der Waals surface area contributed by atoms with Crippen LogP contribution in [0.3, 0.4) is 0 Å². The highest BCUT2D eigenvalue weighted by molar-refractivity contribution is 5.83. The Balaban J connectivity index is 2.16. The van der Waals surface area contributed by atoms with E-state index in [2.05, 4.69) is 55.7 Å². The summed E-state index contributed by atoms with van der Waals surface area (Å²) in [5, 5.41) is 5.99. The number of nitrogens with one attached hydrogen (secondary N) is 2. The zero-order valence-corrected chi connectivity index (χ0v) is 18.4. The van der Waals surface area contributed by atoms with Crippen LogP contribution >= 0.6 is 0 Å². The van der Waals surface area contributed by atoms with E-state index in [-0.39, 0.29) is 17.7 Å². The van der Waals surface area contributed by atoms with Crippen molar-refractivity contribution < 1.29 is 9.59 Å². The molecule has 0 unspecified atom stereocenters. The van der Waals surface area contributed by atoms with Gasteiger partial charge in [-0.1, -0.05) is 64.3 Å². The maximum absolute atomic E-state index is 12.3. The zero-order chi connectivity index (χ0) is 20.8. The smallest absolute Gasteiger partial charge is 0.227 e. The van der Waals surface area contributed by atoms with E-state index in [1.54, 1.807) is 0 Å². The Morgan fingerprint density at radius 2 is 1.50 bits per heavy atom. The summed E-state index contributed by atoms with van der Waals surface area (Å²) < 4.78 is 0. The lowest BCUT2D eigenvalue weighted by Gasteiger charge is -2.13. The molecule has 4 nitrogen and oxygen atoms in total. The van der Waals surface area contributed by atoms with Crippen molar-refractivity contribution in [1.29, 1.82) is 0 Å². The van der Waals surface area contributed by atoms with E-state index in [0.717, 1.165) is 44.2 Å². The second kappa shape index (κ2) is 14.2. The van der Waals surface area contributed by atoms with E-state index in [9.17, 15) is 9.59 Å². The van der Waals surface area contributed by atoms with Gasteiger partial charge in [0.2, 0.25) is 11.8 Å². The van der Waals surface area contributed by atoms with E-state index in [4.69, 9.17) is 0 Å². The molecule has 28 heavy (non-hydrogen) atoms. The van der Waals surface area contributed by atoms with Crippen LogP contribution in [0.2, 0.25) is 0 Å². The van der Waals surface area contributed by atoms with E-state index in [0.29, 0.717) is 18.9 Å². The van der Waals surface area contributed by atoms with Crippen molar-refractivity contribution in [3.63, 3.8) is 0 Å². The standard InChI is InChI=1S/C24H40N2O2/c1-5-6-9-16-25-23(27)11-8-7-10-17-26-24(28)20(4)22-14-12-21(13-15-22)18-19(2)3/h12-15,19-20H,5-11,16-18H2,1-4H3,(H,25,27)(H,26,28)/t20-/m1/s1. The molecule has 1 aromatic rings. The second-order valence-electron chi connectivity index (χ2n) is 8.22. The van der Waals surface area contributed by atoms with Crippen LogP contribution < -0.4 is 10.6 Å². The minimum atomic E-state index is -0.137. The zero-order valence-electron chi connectivity index (χ0n) is 18.4. The number of amides is 2. The van der Waals surface area contributed by atoms with Crippen LogP contribution in [0.5, 0.6) is 0 Å². The normalized spacial score (nSPS) is 12.0. The first-order valence-electron chi connectivity index (χ1n) is 11.1. The van der Waals surface area contributed by atoms with Crippen LogP contribution in [0, 0.1) is 5.92 Å². The van der Waals surface area contributed by atoms with Crippen LogP contribution in [0.15, 0.2) is 24.3 Å². The summed E-state index contributed by atoms with van der Waals surface area (Å²) in [7, 11) is 0. The number of hydrogen-bond donors (Lipinski definition) is 2. The van der Waals surface area contributed by atoms with Crippen molar-refractivity contribution in [2.75, 3.05) is 13.1 Å². The van der Waals surface area contributed by atoms with Crippen molar-refractivity contribution in [2.45, 2.75) is 85.0 Å². The van der Waals surface area contributed by atoms with Crippen molar-refractivity contribution in [3.05, 3.63) is 35.4 Å². The topological polar surface area (TPSA) is 58.2 Å². The second-order valence-corrected chi connectivity index (χ2v) is 8.22. The fourth-order valence-corrected chi connectivity index (χ4v) is 3.21. The Labute approximate surface area is 171 Å². The van der Waals surface area contributed by atoms with Crippen LogP contribution in [0.25, 0.3) is 0 Å². The number of rotatable bonds is 14. The molecule has 1 aromatic carbocycles. The van der Waals surface area contributed by atoms with Gasteiger partial charge in [-0.2, -0.15) is 0 Å². The first-order chi connectivity index (χ1) is 13.4. The van der Waals surface area contributed by atoms with Crippen molar-refractivity contribution >= 4 is 11.8 Å². The van der Waals surface area contributed by atoms with Crippen LogP contribution in [0.4, 0.5) is 0 Å². The summed E-state index contributed by atoms with van der Waals surface area (Å²) in [6.07, 6.45) is 7.80. The lowest BCUT2D eigenvalue weighted by Crippen LogP contribution is -2.29. The summed E-state index contributed by atoms with van der Waals surface area (Å²) >= 11 is 0. The van der Waals surface area contributed by atoms with Crippen molar-refractivity contribution in [2.24, 2.45) is 5.92 Å². The highest BCUT2D eigenvalue weighted by Crippen LogP contribution is 2.17. The Bertz CT molecular complexity index is 566. The Hall–Kier alpha value is -1.84. The molecule has 0 aliphatic rings. The number of carbonyl (C=O) groups excluding carboxylic acids is 2. The molecule has 2 N–H and O–H groups in total. The lowest BCUT2D eigenvalue weighted by molar-refractivity contribution is -0.122. The third-order valence-corrected chi connectivity index (χ3v) is 5.00. The molecule has 0 heterocycles. The highest BCUT2D eigenvalue weighted by atomic mass is 16.2.